The van der Waals surface area contributed by atoms with Gasteiger partial charge in [0.05, 0.1) is 24.3 Å². The Bertz CT molecular complexity index is 999. The van der Waals surface area contributed by atoms with E-state index in [1.165, 1.54) is 32.4 Å². The molecule has 0 heterocycles. The summed E-state index contributed by atoms with van der Waals surface area (Å²) in [6.07, 6.45) is 1.39. The molecule has 0 aliphatic rings. The smallest absolute Gasteiger partial charge is 0.343 e. The SMILES string of the molecule is COC(=O)COc1ccc(/C=C(\C#N)C(=O)Nc2ccc(Cl)c(Cl)c2)cc1OC. The van der Waals surface area contributed by atoms with Crippen LogP contribution in [0.5, 0.6) is 11.5 Å². The van der Waals surface area contributed by atoms with Crippen LogP contribution < -0.4 is 14.8 Å². The Morgan fingerprint density at radius 2 is 1.86 bits per heavy atom. The molecule has 2 aromatic rings. The number of nitrogens with zero attached hydrogens (tertiary/aromatic N) is 1. The fraction of sp³-hybridized carbons (Fsp3) is 0.150. The molecule has 0 bridgehead atoms. The Balaban J connectivity index is 2.20. The van der Waals surface area contributed by atoms with Crippen molar-refractivity contribution in [2.45, 2.75) is 0 Å². The lowest BCUT2D eigenvalue weighted by Gasteiger charge is -2.10. The van der Waals surface area contributed by atoms with Gasteiger partial charge in [0, 0.05) is 5.69 Å². The zero-order chi connectivity index (χ0) is 21.4. The van der Waals surface area contributed by atoms with Gasteiger partial charge in [0.25, 0.3) is 5.91 Å². The van der Waals surface area contributed by atoms with E-state index in [9.17, 15) is 14.9 Å². The molecule has 2 rings (SSSR count). The highest BCUT2D eigenvalue weighted by atomic mass is 35.5. The molecule has 1 amide bonds. The first-order valence-corrected chi connectivity index (χ1v) is 8.89. The van der Waals surface area contributed by atoms with E-state index >= 15 is 0 Å². The van der Waals surface area contributed by atoms with Gasteiger partial charge in [-0.2, -0.15) is 5.26 Å². The van der Waals surface area contributed by atoms with E-state index in [4.69, 9.17) is 32.7 Å². The summed E-state index contributed by atoms with van der Waals surface area (Å²) in [5.74, 6) is -0.517. The minimum absolute atomic E-state index is 0.138. The zero-order valence-corrected chi connectivity index (χ0v) is 17.0. The van der Waals surface area contributed by atoms with Gasteiger partial charge in [-0.25, -0.2) is 4.79 Å². The molecule has 9 heteroatoms. The summed E-state index contributed by atoms with van der Waals surface area (Å²) in [4.78, 5) is 23.6. The van der Waals surface area contributed by atoms with Crippen LogP contribution in [0.25, 0.3) is 6.08 Å². The van der Waals surface area contributed by atoms with E-state index in [1.807, 2.05) is 6.07 Å². The topological polar surface area (TPSA) is 97.7 Å². The number of methoxy groups -OCH3 is 2. The molecule has 2 aromatic carbocycles. The van der Waals surface area contributed by atoms with Crippen LogP contribution in [0.3, 0.4) is 0 Å². The number of rotatable bonds is 7. The number of anilines is 1. The number of nitrogens with one attached hydrogen (secondary N) is 1. The van der Waals surface area contributed by atoms with Gasteiger partial charge in [-0.05, 0) is 42.0 Å². The first-order chi connectivity index (χ1) is 13.9. The maximum atomic E-state index is 12.4. The first kappa shape index (κ1) is 22.1. The average Bonchev–Trinajstić information content (AvgIpc) is 2.72. The van der Waals surface area contributed by atoms with E-state index < -0.39 is 11.9 Å². The number of benzene rings is 2. The molecular weight excluding hydrogens is 419 g/mol. The summed E-state index contributed by atoms with van der Waals surface area (Å²) in [7, 11) is 2.68. The molecule has 0 fully saturated rings. The van der Waals surface area contributed by atoms with E-state index in [2.05, 4.69) is 10.1 Å². The van der Waals surface area contributed by atoms with Crippen molar-refractivity contribution in [3.8, 4) is 17.6 Å². The third-order valence-corrected chi connectivity index (χ3v) is 4.35. The standard InChI is InChI=1S/C20H16Cl2N2O5/c1-27-18-8-12(3-6-17(18)29-11-19(25)28-2)7-13(10-23)20(26)24-14-4-5-15(21)16(22)9-14/h3-9H,11H2,1-2H3,(H,24,26)/b13-7+. The van der Waals surface area contributed by atoms with Gasteiger partial charge >= 0.3 is 5.97 Å². The van der Waals surface area contributed by atoms with Crippen LogP contribution in [0.1, 0.15) is 5.56 Å². The molecule has 0 unspecified atom stereocenters. The Morgan fingerprint density at radius 3 is 2.48 bits per heavy atom. The molecule has 0 spiro atoms. The summed E-state index contributed by atoms with van der Waals surface area (Å²) >= 11 is 11.8. The summed E-state index contributed by atoms with van der Waals surface area (Å²) in [5.41, 5.74) is 0.782. The lowest BCUT2D eigenvalue weighted by Crippen LogP contribution is -2.13. The summed E-state index contributed by atoms with van der Waals surface area (Å²) < 4.78 is 15.1. The molecule has 0 saturated carbocycles. The van der Waals surface area contributed by atoms with Crippen LogP contribution in [0.4, 0.5) is 5.69 Å². The number of ether oxygens (including phenoxy) is 3. The number of esters is 1. The molecule has 0 saturated heterocycles. The Hall–Kier alpha value is -3.21. The third kappa shape index (κ3) is 6.14. The third-order valence-electron chi connectivity index (χ3n) is 3.61. The van der Waals surface area contributed by atoms with Crippen molar-refractivity contribution in [2.24, 2.45) is 0 Å². The van der Waals surface area contributed by atoms with Crippen LogP contribution in [0.15, 0.2) is 42.0 Å². The van der Waals surface area contributed by atoms with Gasteiger partial charge in [0.15, 0.2) is 18.1 Å². The van der Waals surface area contributed by atoms with E-state index in [0.717, 1.165) is 0 Å². The van der Waals surface area contributed by atoms with Crippen LogP contribution >= 0.6 is 23.2 Å². The number of amides is 1. The minimum atomic E-state index is -0.615. The van der Waals surface area contributed by atoms with E-state index in [0.29, 0.717) is 27.8 Å². The molecule has 0 atom stereocenters. The van der Waals surface area contributed by atoms with Crippen LogP contribution in [-0.2, 0) is 14.3 Å². The molecule has 0 aromatic heterocycles. The molecule has 0 radical (unpaired) electrons. The van der Waals surface area contributed by atoms with Gasteiger partial charge < -0.3 is 19.5 Å². The van der Waals surface area contributed by atoms with Crippen LogP contribution in [0, 0.1) is 11.3 Å². The van der Waals surface area contributed by atoms with Gasteiger partial charge in [-0.15, -0.1) is 0 Å². The number of carbonyl (C=O) groups excluding carboxylic acids is 2. The summed E-state index contributed by atoms with van der Waals surface area (Å²) in [6, 6.07) is 11.2. The molecule has 29 heavy (non-hydrogen) atoms. The Kier molecular flexibility index (Phi) is 7.89. The highest BCUT2D eigenvalue weighted by Crippen LogP contribution is 2.29. The largest absolute Gasteiger partial charge is 0.493 e. The highest BCUT2D eigenvalue weighted by molar-refractivity contribution is 6.42. The van der Waals surface area contributed by atoms with Crippen molar-refractivity contribution in [1.82, 2.24) is 0 Å². The molecule has 0 aliphatic heterocycles. The Morgan fingerprint density at radius 1 is 1.10 bits per heavy atom. The summed E-state index contributed by atoms with van der Waals surface area (Å²) in [6.45, 7) is -0.280. The van der Waals surface area contributed by atoms with Gasteiger partial charge in [0.1, 0.15) is 11.6 Å². The normalized spacial score (nSPS) is 10.7. The molecule has 7 nitrogen and oxygen atoms in total. The molecule has 150 valence electrons. The lowest BCUT2D eigenvalue weighted by atomic mass is 10.1. The highest BCUT2D eigenvalue weighted by Gasteiger charge is 2.13. The minimum Gasteiger partial charge on any atom is -0.493 e. The summed E-state index contributed by atoms with van der Waals surface area (Å²) in [5, 5.41) is 12.6. The zero-order valence-electron chi connectivity index (χ0n) is 15.5. The van der Waals surface area contributed by atoms with Crippen molar-refractivity contribution in [3.63, 3.8) is 0 Å². The van der Waals surface area contributed by atoms with Crippen molar-refractivity contribution < 1.29 is 23.8 Å². The second kappa shape index (κ2) is 10.4. The predicted octanol–water partition coefficient (Wildman–Crippen LogP) is 4.10. The van der Waals surface area contributed by atoms with Gasteiger partial charge in [0.2, 0.25) is 0 Å². The van der Waals surface area contributed by atoms with Gasteiger partial charge in [-0.3, -0.25) is 4.79 Å². The lowest BCUT2D eigenvalue weighted by molar-refractivity contribution is -0.142. The van der Waals surface area contributed by atoms with Crippen molar-refractivity contribution in [2.75, 3.05) is 26.1 Å². The fourth-order valence-electron chi connectivity index (χ4n) is 2.18. The van der Waals surface area contributed by atoms with Crippen molar-refractivity contribution in [3.05, 3.63) is 57.6 Å². The second-order valence-electron chi connectivity index (χ2n) is 5.53. The Labute approximate surface area is 177 Å². The molecule has 0 aliphatic carbocycles. The number of halogens is 2. The van der Waals surface area contributed by atoms with Crippen LogP contribution in [-0.4, -0.2) is 32.7 Å². The monoisotopic (exact) mass is 434 g/mol. The van der Waals surface area contributed by atoms with Crippen molar-refractivity contribution >= 4 is 46.8 Å². The quantitative estimate of drug-likeness (QED) is 0.400. The first-order valence-electron chi connectivity index (χ1n) is 8.13. The molecular formula is C20H16Cl2N2O5. The van der Waals surface area contributed by atoms with Gasteiger partial charge in [-0.1, -0.05) is 29.3 Å². The fourth-order valence-corrected chi connectivity index (χ4v) is 2.47. The second-order valence-corrected chi connectivity index (χ2v) is 6.34. The van der Waals surface area contributed by atoms with Crippen molar-refractivity contribution in [1.29, 1.82) is 5.26 Å². The maximum Gasteiger partial charge on any atom is 0.343 e. The number of nitriles is 1. The maximum absolute atomic E-state index is 12.4. The molecule has 1 N–H and O–H groups in total. The number of hydrogen-bond acceptors (Lipinski definition) is 6. The number of hydrogen-bond donors (Lipinski definition) is 1. The average molecular weight is 435 g/mol. The van der Waals surface area contributed by atoms with Crippen LogP contribution in [0.2, 0.25) is 10.0 Å². The number of carbonyl (C=O) groups is 2. The van der Waals surface area contributed by atoms with E-state index in [1.54, 1.807) is 24.3 Å². The predicted molar refractivity (Wildman–Crippen MR) is 109 cm³/mol. The van der Waals surface area contributed by atoms with E-state index in [-0.39, 0.29) is 17.2 Å².